The fourth-order valence-electron chi connectivity index (χ4n) is 3.70. The molecule has 7 heteroatoms. The molecule has 0 aromatic heterocycles. The van der Waals surface area contributed by atoms with Crippen molar-refractivity contribution in [3.63, 3.8) is 0 Å². The molecular weight excluding hydrogens is 334 g/mol. The van der Waals surface area contributed by atoms with Crippen LogP contribution in [0, 0.1) is 5.92 Å². The average molecular weight is 359 g/mol. The van der Waals surface area contributed by atoms with Crippen LogP contribution in [0.1, 0.15) is 36.8 Å². The van der Waals surface area contributed by atoms with Crippen molar-refractivity contribution in [2.45, 2.75) is 44.7 Å². The number of carboxylic acid groups (broad SMARTS) is 1. The van der Waals surface area contributed by atoms with E-state index in [1.165, 1.54) is 5.56 Å². The number of hydrogen-bond donors (Lipinski definition) is 3. The van der Waals surface area contributed by atoms with Gasteiger partial charge in [-0.25, -0.2) is 4.79 Å². The van der Waals surface area contributed by atoms with E-state index in [4.69, 9.17) is 5.11 Å². The van der Waals surface area contributed by atoms with Crippen LogP contribution in [0.3, 0.4) is 0 Å². The summed E-state index contributed by atoms with van der Waals surface area (Å²) in [6.45, 7) is 1.14. The van der Waals surface area contributed by atoms with E-state index >= 15 is 0 Å². The van der Waals surface area contributed by atoms with Crippen LogP contribution in [-0.4, -0.2) is 47.0 Å². The topological polar surface area (TPSA) is 98.7 Å². The molecular formula is C19H25N3O4. The van der Waals surface area contributed by atoms with E-state index in [1.54, 1.807) is 4.90 Å². The summed E-state index contributed by atoms with van der Waals surface area (Å²) in [7, 11) is 0. The van der Waals surface area contributed by atoms with Gasteiger partial charge in [-0.3, -0.25) is 9.59 Å². The Morgan fingerprint density at radius 1 is 1.08 bits per heavy atom. The van der Waals surface area contributed by atoms with Crippen LogP contribution >= 0.6 is 0 Å². The molecule has 1 heterocycles. The molecule has 1 aromatic rings. The van der Waals surface area contributed by atoms with Gasteiger partial charge in [0.05, 0.1) is 12.5 Å². The molecule has 1 saturated carbocycles. The minimum atomic E-state index is -0.759. The number of carboxylic acids is 1. The molecule has 0 unspecified atom stereocenters. The van der Waals surface area contributed by atoms with E-state index in [9.17, 15) is 14.4 Å². The quantitative estimate of drug-likeness (QED) is 0.759. The summed E-state index contributed by atoms with van der Waals surface area (Å²) in [5, 5.41) is 14.6. The van der Waals surface area contributed by atoms with Gasteiger partial charge in [-0.05, 0) is 43.2 Å². The minimum absolute atomic E-state index is 0.00290. The first-order valence-electron chi connectivity index (χ1n) is 9.14. The maximum Gasteiger partial charge on any atom is 0.318 e. The van der Waals surface area contributed by atoms with Gasteiger partial charge in [0.2, 0.25) is 5.91 Å². The lowest BCUT2D eigenvalue weighted by molar-refractivity contribution is -0.142. The Hall–Kier alpha value is -2.57. The second-order valence-electron chi connectivity index (χ2n) is 7.05. The second-order valence-corrected chi connectivity index (χ2v) is 7.05. The molecule has 3 amide bonds. The Kier molecular flexibility index (Phi) is 5.75. The second kappa shape index (κ2) is 8.21. The summed E-state index contributed by atoms with van der Waals surface area (Å²) in [5.41, 5.74) is 2.42. The highest BCUT2D eigenvalue weighted by Gasteiger charge is 2.27. The van der Waals surface area contributed by atoms with Gasteiger partial charge in [-0.1, -0.05) is 24.3 Å². The standard InChI is InChI=1S/C19H25N3O4/c23-17(21-16-7-5-14(6-8-16)18(24)25)11-20-19(26)22-10-9-13-3-1-2-4-15(13)12-22/h1-4,14,16H,5-12H2,(H,20,26)(H,21,23)(H,24,25). The van der Waals surface area contributed by atoms with Crippen molar-refractivity contribution < 1.29 is 19.5 Å². The number of carbonyl (C=O) groups excluding carboxylic acids is 2. The first kappa shape index (κ1) is 18.2. The fourth-order valence-corrected chi connectivity index (χ4v) is 3.70. The van der Waals surface area contributed by atoms with Crippen molar-refractivity contribution in [2.75, 3.05) is 13.1 Å². The molecule has 1 aliphatic heterocycles. The highest BCUT2D eigenvalue weighted by molar-refractivity contribution is 5.84. The summed E-state index contributed by atoms with van der Waals surface area (Å²) in [5.74, 6) is -1.29. The number of urea groups is 1. The molecule has 0 saturated heterocycles. The number of hydrogen-bond acceptors (Lipinski definition) is 3. The Bertz CT molecular complexity index is 683. The smallest absolute Gasteiger partial charge is 0.318 e. The number of fused-ring (bicyclic) bond motifs is 1. The first-order valence-corrected chi connectivity index (χ1v) is 9.14. The normalized spacial score (nSPS) is 22.2. The largest absolute Gasteiger partial charge is 0.481 e. The van der Waals surface area contributed by atoms with Crippen LogP contribution < -0.4 is 10.6 Å². The maximum absolute atomic E-state index is 12.3. The number of carbonyl (C=O) groups is 3. The number of amides is 3. The molecule has 2 aliphatic rings. The number of aliphatic carboxylic acids is 1. The van der Waals surface area contributed by atoms with Gasteiger partial charge in [-0.15, -0.1) is 0 Å². The molecule has 3 N–H and O–H groups in total. The van der Waals surface area contributed by atoms with Crippen LogP contribution in [0.5, 0.6) is 0 Å². The Labute approximate surface area is 152 Å². The highest BCUT2D eigenvalue weighted by atomic mass is 16.4. The predicted octanol–water partition coefficient (Wildman–Crippen LogP) is 1.51. The van der Waals surface area contributed by atoms with Gasteiger partial charge in [0.1, 0.15) is 0 Å². The Morgan fingerprint density at radius 2 is 1.77 bits per heavy atom. The van der Waals surface area contributed by atoms with Crippen LogP contribution in [0.15, 0.2) is 24.3 Å². The zero-order valence-corrected chi connectivity index (χ0v) is 14.7. The van der Waals surface area contributed by atoms with Crippen LogP contribution in [-0.2, 0) is 22.6 Å². The molecule has 0 atom stereocenters. The van der Waals surface area contributed by atoms with Gasteiger partial charge >= 0.3 is 12.0 Å². The van der Waals surface area contributed by atoms with E-state index < -0.39 is 5.97 Å². The van der Waals surface area contributed by atoms with Crippen LogP contribution in [0.2, 0.25) is 0 Å². The fraction of sp³-hybridized carbons (Fsp3) is 0.526. The van der Waals surface area contributed by atoms with Gasteiger partial charge in [0.15, 0.2) is 0 Å². The van der Waals surface area contributed by atoms with E-state index in [2.05, 4.69) is 16.7 Å². The summed E-state index contributed by atoms with van der Waals surface area (Å²) in [4.78, 5) is 37.0. The number of nitrogens with zero attached hydrogens (tertiary/aromatic N) is 1. The third-order valence-corrected chi connectivity index (χ3v) is 5.26. The first-order chi connectivity index (χ1) is 12.5. The molecule has 1 aromatic carbocycles. The lowest BCUT2D eigenvalue weighted by atomic mass is 9.86. The van der Waals surface area contributed by atoms with Gasteiger partial charge < -0.3 is 20.6 Å². The third kappa shape index (κ3) is 4.53. The lowest BCUT2D eigenvalue weighted by Crippen LogP contribution is -2.48. The molecule has 140 valence electrons. The van der Waals surface area contributed by atoms with Crippen molar-refractivity contribution >= 4 is 17.9 Å². The van der Waals surface area contributed by atoms with E-state index in [0.29, 0.717) is 38.8 Å². The highest BCUT2D eigenvalue weighted by Crippen LogP contribution is 2.24. The number of rotatable bonds is 4. The van der Waals surface area contributed by atoms with Gasteiger partial charge in [-0.2, -0.15) is 0 Å². The zero-order chi connectivity index (χ0) is 18.5. The Morgan fingerprint density at radius 3 is 2.46 bits per heavy atom. The lowest BCUT2D eigenvalue weighted by Gasteiger charge is -2.29. The SMILES string of the molecule is O=C(CNC(=O)N1CCc2ccccc2C1)NC1CCC(C(=O)O)CC1. The molecule has 3 rings (SSSR count). The molecule has 1 fully saturated rings. The molecule has 0 bridgehead atoms. The average Bonchev–Trinajstić information content (AvgIpc) is 2.66. The minimum Gasteiger partial charge on any atom is -0.481 e. The monoisotopic (exact) mass is 359 g/mol. The van der Waals surface area contributed by atoms with Crippen LogP contribution in [0.4, 0.5) is 4.79 Å². The van der Waals surface area contributed by atoms with Gasteiger partial charge in [0.25, 0.3) is 0 Å². The van der Waals surface area contributed by atoms with Crippen LogP contribution in [0.25, 0.3) is 0 Å². The maximum atomic E-state index is 12.3. The molecule has 0 spiro atoms. The van der Waals surface area contributed by atoms with Crippen molar-refractivity contribution in [3.8, 4) is 0 Å². The van der Waals surface area contributed by atoms with Gasteiger partial charge in [0, 0.05) is 19.1 Å². The summed E-state index contributed by atoms with van der Waals surface area (Å²) < 4.78 is 0. The van der Waals surface area contributed by atoms with E-state index in [-0.39, 0.29) is 30.4 Å². The van der Waals surface area contributed by atoms with Crippen molar-refractivity contribution in [1.82, 2.24) is 15.5 Å². The van der Waals surface area contributed by atoms with Crippen molar-refractivity contribution in [1.29, 1.82) is 0 Å². The van der Waals surface area contributed by atoms with E-state index in [0.717, 1.165) is 12.0 Å². The number of benzene rings is 1. The number of nitrogens with one attached hydrogen (secondary N) is 2. The predicted molar refractivity (Wildman–Crippen MR) is 95.5 cm³/mol. The van der Waals surface area contributed by atoms with Crippen molar-refractivity contribution in [3.05, 3.63) is 35.4 Å². The molecule has 26 heavy (non-hydrogen) atoms. The zero-order valence-electron chi connectivity index (χ0n) is 14.7. The molecule has 7 nitrogen and oxygen atoms in total. The summed E-state index contributed by atoms with van der Waals surface area (Å²) in [6, 6.07) is 7.84. The third-order valence-electron chi connectivity index (χ3n) is 5.26. The Balaban J connectivity index is 1.40. The molecule has 1 aliphatic carbocycles. The van der Waals surface area contributed by atoms with E-state index in [1.807, 2.05) is 18.2 Å². The summed E-state index contributed by atoms with van der Waals surface area (Å²) >= 11 is 0. The van der Waals surface area contributed by atoms with Crippen molar-refractivity contribution in [2.24, 2.45) is 5.92 Å². The summed E-state index contributed by atoms with van der Waals surface area (Å²) in [6.07, 6.45) is 3.32. The molecule has 0 radical (unpaired) electrons.